The van der Waals surface area contributed by atoms with Gasteiger partial charge in [-0.3, -0.25) is 0 Å². The molecule has 1 aromatic rings. The molecule has 0 aliphatic rings. The summed E-state index contributed by atoms with van der Waals surface area (Å²) in [6.07, 6.45) is -1.72. The molecule has 0 heterocycles. The van der Waals surface area contributed by atoms with Gasteiger partial charge in [-0.15, -0.1) is 0 Å². The summed E-state index contributed by atoms with van der Waals surface area (Å²) in [7, 11) is 0. The Morgan fingerprint density at radius 3 is 2.61 bits per heavy atom. The second kappa shape index (κ2) is 5.94. The Balaban J connectivity index is 2.94. The van der Waals surface area contributed by atoms with Gasteiger partial charge in [-0.05, 0) is 40.5 Å². The van der Waals surface area contributed by atoms with E-state index in [1.807, 2.05) is 6.07 Å². The lowest BCUT2D eigenvalue weighted by Gasteiger charge is -2.22. The predicted molar refractivity (Wildman–Crippen MR) is 65.5 cm³/mol. The van der Waals surface area contributed by atoms with Crippen LogP contribution in [0, 0.1) is 11.3 Å². The van der Waals surface area contributed by atoms with Gasteiger partial charge in [-0.1, -0.05) is 12.1 Å². The molecular weight excluding hydrogens is 305 g/mol. The number of carbonyl (C=O) groups excluding carboxylic acids is 1. The molecule has 1 rings (SSSR count). The minimum atomic E-state index is -2.71. The Bertz CT molecular complexity index is 467. The molecule has 0 radical (unpaired) electrons. The van der Waals surface area contributed by atoms with Crippen molar-refractivity contribution in [3.05, 3.63) is 35.4 Å². The molecule has 96 valence electrons. The molecule has 6 heteroatoms. The van der Waals surface area contributed by atoms with Gasteiger partial charge in [0.15, 0.2) is 0 Å². The molecule has 0 spiro atoms. The van der Waals surface area contributed by atoms with E-state index in [0.717, 1.165) is 0 Å². The molecule has 0 unspecified atom stereocenters. The van der Waals surface area contributed by atoms with E-state index in [-0.39, 0.29) is 12.2 Å². The largest absolute Gasteiger partial charge is 0.463 e. The normalized spacial score (nSPS) is 15.3. The number of rotatable bonds is 4. The predicted octanol–water partition coefficient (Wildman–Crippen LogP) is 2.22. The van der Waals surface area contributed by atoms with Crippen molar-refractivity contribution in [2.45, 2.75) is 17.6 Å². The van der Waals surface area contributed by atoms with Crippen molar-refractivity contribution in [3.63, 3.8) is 0 Å². The van der Waals surface area contributed by atoms with Crippen molar-refractivity contribution < 1.29 is 19.0 Å². The molecule has 18 heavy (non-hydrogen) atoms. The van der Waals surface area contributed by atoms with Gasteiger partial charge in [-0.2, -0.15) is 5.26 Å². The number of halogens is 2. The van der Waals surface area contributed by atoms with Crippen LogP contribution in [0.25, 0.3) is 0 Å². The zero-order valence-corrected chi connectivity index (χ0v) is 11.1. The van der Waals surface area contributed by atoms with Crippen LogP contribution in [-0.4, -0.2) is 22.3 Å². The summed E-state index contributed by atoms with van der Waals surface area (Å²) in [4.78, 5) is 11.3. The van der Waals surface area contributed by atoms with Crippen molar-refractivity contribution in [2.24, 2.45) is 0 Å². The molecule has 0 saturated heterocycles. The van der Waals surface area contributed by atoms with Gasteiger partial charge in [-0.25, -0.2) is 9.18 Å². The van der Waals surface area contributed by atoms with Crippen LogP contribution in [-0.2, 0) is 9.53 Å². The highest BCUT2D eigenvalue weighted by Gasteiger charge is 2.45. The first-order chi connectivity index (χ1) is 8.43. The van der Waals surface area contributed by atoms with E-state index in [1.54, 1.807) is 0 Å². The Morgan fingerprint density at radius 2 is 2.17 bits per heavy atom. The number of aliphatic hydroxyl groups is 1. The number of nitriles is 1. The molecule has 0 fully saturated rings. The topological polar surface area (TPSA) is 70.3 Å². The van der Waals surface area contributed by atoms with Gasteiger partial charge in [0.05, 0.1) is 18.2 Å². The summed E-state index contributed by atoms with van der Waals surface area (Å²) in [5.41, 5.74) is 0.544. The number of hydrogen-bond acceptors (Lipinski definition) is 4. The summed E-state index contributed by atoms with van der Waals surface area (Å²) >= 11 is 2.53. The fourth-order valence-electron chi connectivity index (χ4n) is 1.29. The van der Waals surface area contributed by atoms with Crippen LogP contribution < -0.4 is 0 Å². The summed E-state index contributed by atoms with van der Waals surface area (Å²) in [5.74, 6) is -1.19. The van der Waals surface area contributed by atoms with E-state index in [4.69, 9.17) is 5.26 Å². The third-order valence-electron chi connectivity index (χ3n) is 2.25. The minimum Gasteiger partial charge on any atom is -0.463 e. The summed E-state index contributed by atoms with van der Waals surface area (Å²) in [5, 5.41) is 18.4. The van der Waals surface area contributed by atoms with Crippen LogP contribution in [0.4, 0.5) is 4.39 Å². The fraction of sp³-hybridized carbons (Fsp3) is 0.333. The Kier molecular flexibility index (Phi) is 4.82. The van der Waals surface area contributed by atoms with Gasteiger partial charge < -0.3 is 9.84 Å². The Hall–Kier alpha value is -1.45. The van der Waals surface area contributed by atoms with E-state index in [2.05, 4.69) is 20.7 Å². The maximum absolute atomic E-state index is 14.1. The molecule has 0 bridgehead atoms. The second-order valence-corrected chi connectivity index (χ2v) is 4.63. The van der Waals surface area contributed by atoms with Crippen molar-refractivity contribution in [1.82, 2.24) is 0 Å². The van der Waals surface area contributed by atoms with Crippen molar-refractivity contribution in [2.75, 3.05) is 6.61 Å². The Morgan fingerprint density at radius 1 is 1.61 bits per heavy atom. The zero-order chi connectivity index (χ0) is 13.8. The van der Waals surface area contributed by atoms with E-state index in [1.165, 1.54) is 31.2 Å². The number of aliphatic hydroxyl groups excluding tert-OH is 1. The first kappa shape index (κ1) is 14.6. The lowest BCUT2D eigenvalue weighted by Crippen LogP contribution is -2.35. The number of benzene rings is 1. The lowest BCUT2D eigenvalue weighted by atomic mass is 10.0. The van der Waals surface area contributed by atoms with Crippen LogP contribution in [0.1, 0.15) is 24.2 Å². The maximum Gasteiger partial charge on any atom is 0.358 e. The standard InChI is InChI=1S/C12H11BrFNO3/c1-2-18-11(17)12(13,14)10(16)9-5-3-8(7-15)4-6-9/h3-6,10,16H,2H2,1H3/t10-,12-/m1/s1. The molecule has 0 saturated carbocycles. The average Bonchev–Trinajstić information content (AvgIpc) is 2.38. The summed E-state index contributed by atoms with van der Waals surface area (Å²) in [6, 6.07) is 7.49. The third-order valence-corrected chi connectivity index (χ3v) is 3.00. The molecule has 0 amide bonds. The number of esters is 1. The third kappa shape index (κ3) is 3.06. The fourth-order valence-corrected chi connectivity index (χ4v) is 1.67. The van der Waals surface area contributed by atoms with Gasteiger partial charge >= 0.3 is 5.97 Å². The quantitative estimate of drug-likeness (QED) is 0.683. The van der Waals surface area contributed by atoms with E-state index >= 15 is 0 Å². The smallest absolute Gasteiger partial charge is 0.358 e. The van der Waals surface area contributed by atoms with Gasteiger partial charge in [0.1, 0.15) is 6.10 Å². The van der Waals surface area contributed by atoms with E-state index < -0.39 is 16.7 Å². The van der Waals surface area contributed by atoms with Crippen molar-refractivity contribution in [1.29, 1.82) is 5.26 Å². The highest BCUT2D eigenvalue weighted by molar-refractivity contribution is 9.10. The first-order valence-corrected chi connectivity index (χ1v) is 5.96. The molecule has 2 atom stereocenters. The summed E-state index contributed by atoms with van der Waals surface area (Å²) in [6.45, 7) is 1.55. The number of hydrogen-bond donors (Lipinski definition) is 1. The summed E-state index contributed by atoms with van der Waals surface area (Å²) < 4.78 is 15.9. The van der Waals surface area contributed by atoms with Crippen LogP contribution in [0.15, 0.2) is 24.3 Å². The highest BCUT2D eigenvalue weighted by atomic mass is 79.9. The molecule has 4 nitrogen and oxygen atoms in total. The molecule has 1 aromatic carbocycles. The van der Waals surface area contributed by atoms with Crippen LogP contribution in [0.5, 0.6) is 0 Å². The maximum atomic E-state index is 14.1. The van der Waals surface area contributed by atoms with Crippen molar-refractivity contribution in [3.8, 4) is 6.07 Å². The minimum absolute atomic E-state index is 0.0101. The number of carbonyl (C=O) groups is 1. The molecule has 0 aromatic heterocycles. The number of ether oxygens (including phenoxy) is 1. The van der Waals surface area contributed by atoms with Crippen LogP contribution in [0.3, 0.4) is 0 Å². The van der Waals surface area contributed by atoms with E-state index in [9.17, 15) is 14.3 Å². The SMILES string of the molecule is CCOC(=O)[C@@](F)(Br)[C@H](O)c1ccc(C#N)cc1. The highest BCUT2D eigenvalue weighted by Crippen LogP contribution is 2.36. The van der Waals surface area contributed by atoms with Gasteiger partial charge in [0.2, 0.25) is 0 Å². The van der Waals surface area contributed by atoms with Crippen molar-refractivity contribution >= 4 is 21.9 Å². The molecule has 0 aliphatic carbocycles. The monoisotopic (exact) mass is 315 g/mol. The van der Waals surface area contributed by atoms with Crippen LogP contribution >= 0.6 is 15.9 Å². The van der Waals surface area contributed by atoms with Gasteiger partial charge in [0, 0.05) is 0 Å². The molecule has 1 N–H and O–H groups in total. The number of nitrogens with zero attached hydrogens (tertiary/aromatic N) is 1. The zero-order valence-electron chi connectivity index (χ0n) is 9.56. The van der Waals surface area contributed by atoms with Gasteiger partial charge in [0.25, 0.3) is 4.58 Å². The van der Waals surface area contributed by atoms with Crippen LogP contribution in [0.2, 0.25) is 0 Å². The average molecular weight is 316 g/mol. The Labute approximate surface area is 112 Å². The first-order valence-electron chi connectivity index (χ1n) is 5.16. The molecular formula is C12H11BrFNO3. The lowest BCUT2D eigenvalue weighted by molar-refractivity contribution is -0.156. The molecule has 0 aliphatic heterocycles. The second-order valence-electron chi connectivity index (χ2n) is 3.48. The van der Waals surface area contributed by atoms with E-state index in [0.29, 0.717) is 5.56 Å². The number of alkyl halides is 2.